The molecule has 0 saturated heterocycles. The SMILES string of the molecule is CCCN(Cc1nc2cc(Cl)ccc2c(=O)[nH]1)C(=O)Cc1ccc(S(N)(=O)=O)cc1. The maximum absolute atomic E-state index is 12.8. The minimum absolute atomic E-state index is 0.0132. The van der Waals surface area contributed by atoms with E-state index in [4.69, 9.17) is 16.7 Å². The van der Waals surface area contributed by atoms with Crippen molar-refractivity contribution in [1.29, 1.82) is 0 Å². The molecule has 0 unspecified atom stereocenters. The molecule has 1 heterocycles. The molecule has 158 valence electrons. The molecule has 1 aromatic heterocycles. The maximum Gasteiger partial charge on any atom is 0.258 e. The zero-order valence-corrected chi connectivity index (χ0v) is 17.8. The molecular weight excluding hydrogens is 428 g/mol. The van der Waals surface area contributed by atoms with E-state index < -0.39 is 10.0 Å². The van der Waals surface area contributed by atoms with Crippen LogP contribution in [0.5, 0.6) is 0 Å². The van der Waals surface area contributed by atoms with Crippen molar-refractivity contribution in [3.8, 4) is 0 Å². The number of amides is 1. The van der Waals surface area contributed by atoms with Crippen molar-refractivity contribution < 1.29 is 13.2 Å². The van der Waals surface area contributed by atoms with Gasteiger partial charge in [-0.25, -0.2) is 18.5 Å². The molecular formula is C20H21ClN4O4S. The highest BCUT2D eigenvalue weighted by atomic mass is 35.5. The van der Waals surface area contributed by atoms with Crippen molar-refractivity contribution in [3.63, 3.8) is 0 Å². The lowest BCUT2D eigenvalue weighted by molar-refractivity contribution is -0.131. The minimum Gasteiger partial charge on any atom is -0.335 e. The van der Waals surface area contributed by atoms with Gasteiger partial charge in [-0.1, -0.05) is 30.7 Å². The maximum atomic E-state index is 12.8. The number of aromatic amines is 1. The number of nitrogens with one attached hydrogen (secondary N) is 1. The fourth-order valence-electron chi connectivity index (χ4n) is 3.06. The normalized spacial score (nSPS) is 11.6. The van der Waals surface area contributed by atoms with Crippen LogP contribution in [0.25, 0.3) is 10.9 Å². The average Bonchev–Trinajstić information content (AvgIpc) is 2.67. The quantitative estimate of drug-likeness (QED) is 0.573. The fourth-order valence-corrected chi connectivity index (χ4v) is 3.74. The average molecular weight is 449 g/mol. The Morgan fingerprint density at radius 2 is 1.90 bits per heavy atom. The van der Waals surface area contributed by atoms with Crippen molar-refractivity contribution in [2.24, 2.45) is 5.14 Å². The van der Waals surface area contributed by atoms with E-state index in [1.807, 2.05) is 6.92 Å². The van der Waals surface area contributed by atoms with Gasteiger partial charge >= 0.3 is 0 Å². The third-order valence-corrected chi connectivity index (χ3v) is 5.68. The van der Waals surface area contributed by atoms with E-state index in [0.717, 1.165) is 6.42 Å². The largest absolute Gasteiger partial charge is 0.335 e. The molecule has 0 fully saturated rings. The first-order valence-corrected chi connectivity index (χ1v) is 11.2. The van der Waals surface area contributed by atoms with Crippen molar-refractivity contribution in [2.75, 3.05) is 6.54 Å². The monoisotopic (exact) mass is 448 g/mol. The molecule has 3 aromatic rings. The summed E-state index contributed by atoms with van der Waals surface area (Å²) in [6, 6.07) is 10.7. The summed E-state index contributed by atoms with van der Waals surface area (Å²) in [5, 5.41) is 5.99. The Labute approximate surface area is 178 Å². The topological polar surface area (TPSA) is 126 Å². The Bertz CT molecular complexity index is 1240. The Balaban J connectivity index is 1.81. The predicted octanol–water partition coefficient (Wildman–Crippen LogP) is 2.21. The van der Waals surface area contributed by atoms with Crippen LogP contribution in [-0.4, -0.2) is 35.7 Å². The summed E-state index contributed by atoms with van der Waals surface area (Å²) < 4.78 is 22.7. The zero-order valence-electron chi connectivity index (χ0n) is 16.3. The van der Waals surface area contributed by atoms with Crippen LogP contribution in [0.3, 0.4) is 0 Å². The number of carbonyl (C=O) groups is 1. The lowest BCUT2D eigenvalue weighted by atomic mass is 10.1. The first kappa shape index (κ1) is 21.9. The summed E-state index contributed by atoms with van der Waals surface area (Å²) in [4.78, 5) is 33.9. The van der Waals surface area contributed by atoms with Crippen LogP contribution in [-0.2, 0) is 27.8 Å². The number of aromatic nitrogens is 2. The van der Waals surface area contributed by atoms with Gasteiger partial charge in [0.25, 0.3) is 5.56 Å². The molecule has 0 bridgehead atoms. The van der Waals surface area contributed by atoms with Crippen LogP contribution >= 0.6 is 11.6 Å². The fraction of sp³-hybridized carbons (Fsp3) is 0.250. The second-order valence-electron chi connectivity index (χ2n) is 6.86. The van der Waals surface area contributed by atoms with Gasteiger partial charge in [0.2, 0.25) is 15.9 Å². The van der Waals surface area contributed by atoms with Crippen molar-refractivity contribution >= 4 is 38.4 Å². The second-order valence-corrected chi connectivity index (χ2v) is 8.85. The van der Waals surface area contributed by atoms with Gasteiger partial charge in [0, 0.05) is 11.6 Å². The number of fused-ring (bicyclic) bond motifs is 1. The number of halogens is 1. The Kier molecular flexibility index (Phi) is 6.55. The van der Waals surface area contributed by atoms with Gasteiger partial charge in [0.05, 0.1) is 28.8 Å². The molecule has 2 aromatic carbocycles. The molecule has 0 atom stereocenters. The Morgan fingerprint density at radius 1 is 1.20 bits per heavy atom. The molecule has 3 N–H and O–H groups in total. The third kappa shape index (κ3) is 5.24. The summed E-state index contributed by atoms with van der Waals surface area (Å²) in [5.41, 5.74) is 0.818. The van der Waals surface area contributed by atoms with Crippen molar-refractivity contribution in [2.45, 2.75) is 31.2 Å². The highest BCUT2D eigenvalue weighted by Gasteiger charge is 2.17. The van der Waals surface area contributed by atoms with Crippen LogP contribution in [0.4, 0.5) is 0 Å². The number of hydrogen-bond acceptors (Lipinski definition) is 5. The molecule has 30 heavy (non-hydrogen) atoms. The summed E-state index contributed by atoms with van der Waals surface area (Å²) in [6.07, 6.45) is 0.800. The van der Waals surface area contributed by atoms with E-state index in [2.05, 4.69) is 9.97 Å². The van der Waals surface area contributed by atoms with Crippen LogP contribution in [0.15, 0.2) is 52.2 Å². The standard InChI is InChI=1S/C20H21ClN4O4S/c1-2-9-25(19(26)10-13-3-6-15(7-4-13)30(22,28)29)12-18-23-17-11-14(21)5-8-16(17)20(27)24-18/h3-8,11H,2,9-10,12H2,1H3,(H2,22,28,29)(H,23,24,27). The highest BCUT2D eigenvalue weighted by molar-refractivity contribution is 7.89. The van der Waals surface area contributed by atoms with E-state index in [0.29, 0.717) is 33.9 Å². The number of primary sulfonamides is 1. The van der Waals surface area contributed by atoms with Crippen LogP contribution < -0.4 is 10.7 Å². The van der Waals surface area contributed by atoms with E-state index in [1.54, 1.807) is 35.2 Å². The molecule has 0 spiro atoms. The van der Waals surface area contributed by atoms with Crippen LogP contribution in [0.1, 0.15) is 24.7 Å². The lowest BCUT2D eigenvalue weighted by Crippen LogP contribution is -2.34. The lowest BCUT2D eigenvalue weighted by Gasteiger charge is -2.22. The van der Waals surface area contributed by atoms with Gasteiger partial charge in [-0.05, 0) is 42.3 Å². The molecule has 1 amide bonds. The van der Waals surface area contributed by atoms with Crippen LogP contribution in [0, 0.1) is 0 Å². The second kappa shape index (κ2) is 8.95. The summed E-state index contributed by atoms with van der Waals surface area (Å²) in [7, 11) is -3.79. The molecule has 0 aliphatic rings. The van der Waals surface area contributed by atoms with Gasteiger partial charge < -0.3 is 9.88 Å². The van der Waals surface area contributed by atoms with Crippen molar-refractivity contribution in [1.82, 2.24) is 14.9 Å². The van der Waals surface area contributed by atoms with E-state index in [9.17, 15) is 18.0 Å². The number of sulfonamides is 1. The van der Waals surface area contributed by atoms with Gasteiger partial charge in [-0.2, -0.15) is 0 Å². The molecule has 0 radical (unpaired) electrons. The minimum atomic E-state index is -3.79. The molecule has 8 nitrogen and oxygen atoms in total. The number of nitrogens with two attached hydrogens (primary N) is 1. The number of hydrogen-bond donors (Lipinski definition) is 2. The number of carbonyl (C=O) groups excluding carboxylic acids is 1. The molecule has 0 aliphatic carbocycles. The van der Waals surface area contributed by atoms with Gasteiger partial charge in [0.15, 0.2) is 0 Å². The van der Waals surface area contributed by atoms with Crippen LogP contribution in [0.2, 0.25) is 5.02 Å². The molecule has 10 heteroatoms. The summed E-state index contributed by atoms with van der Waals surface area (Å²) >= 11 is 6.00. The number of rotatable bonds is 7. The summed E-state index contributed by atoms with van der Waals surface area (Å²) in [6.45, 7) is 2.56. The predicted molar refractivity (Wildman–Crippen MR) is 115 cm³/mol. The molecule has 3 rings (SSSR count). The van der Waals surface area contributed by atoms with Gasteiger partial charge in [-0.3, -0.25) is 9.59 Å². The Morgan fingerprint density at radius 3 is 2.53 bits per heavy atom. The smallest absolute Gasteiger partial charge is 0.258 e. The first-order valence-electron chi connectivity index (χ1n) is 9.25. The molecule has 0 saturated carbocycles. The molecule has 0 aliphatic heterocycles. The van der Waals surface area contributed by atoms with Crippen molar-refractivity contribution in [3.05, 3.63) is 69.2 Å². The zero-order chi connectivity index (χ0) is 21.9. The third-order valence-electron chi connectivity index (χ3n) is 4.51. The number of H-pyrrole nitrogens is 1. The van der Waals surface area contributed by atoms with Gasteiger partial charge in [0.1, 0.15) is 5.82 Å². The van der Waals surface area contributed by atoms with E-state index in [-0.39, 0.29) is 29.3 Å². The van der Waals surface area contributed by atoms with Gasteiger partial charge in [-0.15, -0.1) is 0 Å². The Hall–Kier alpha value is -2.75. The first-order chi connectivity index (χ1) is 14.2. The van der Waals surface area contributed by atoms with E-state index >= 15 is 0 Å². The number of nitrogens with zero attached hydrogens (tertiary/aromatic N) is 2. The summed E-state index contributed by atoms with van der Waals surface area (Å²) in [5.74, 6) is 0.190. The van der Waals surface area contributed by atoms with E-state index in [1.165, 1.54) is 12.1 Å². The highest BCUT2D eigenvalue weighted by Crippen LogP contribution is 2.16. The number of benzene rings is 2.